The summed E-state index contributed by atoms with van der Waals surface area (Å²) in [5.74, 6) is 0. The largest absolute Gasteiger partial charge is 0 e. The summed E-state index contributed by atoms with van der Waals surface area (Å²) in [5, 5.41) is 0. The van der Waals surface area contributed by atoms with Crippen molar-refractivity contribution < 1.29 is 36.5 Å². The molecule has 0 aliphatic heterocycles. The fraction of sp³-hybridized carbons (Fsp3) is 0. The summed E-state index contributed by atoms with van der Waals surface area (Å²) in [7, 11) is 0. The van der Waals surface area contributed by atoms with E-state index < -0.39 is 0 Å². The third kappa shape index (κ3) is 8.92. The maximum Gasteiger partial charge on any atom is 0 e. The van der Waals surface area contributed by atoms with Crippen molar-refractivity contribution in [2.24, 2.45) is 0 Å². The van der Waals surface area contributed by atoms with Crippen molar-refractivity contribution in [3.8, 4) is 0 Å². The SMILES string of the molecule is S.[Cu].[GaH3].[Zn]. The van der Waals surface area contributed by atoms with Gasteiger partial charge >= 0.3 is 19.8 Å². The maximum absolute atomic E-state index is 0. The molecule has 0 N–H and O–H groups in total. The van der Waals surface area contributed by atoms with Crippen molar-refractivity contribution >= 4 is 33.3 Å². The van der Waals surface area contributed by atoms with E-state index in [2.05, 4.69) is 0 Å². The summed E-state index contributed by atoms with van der Waals surface area (Å²) >= 11 is 0. The van der Waals surface area contributed by atoms with Gasteiger partial charge in [-0.15, -0.1) is 0 Å². The Balaban J connectivity index is 0. The van der Waals surface area contributed by atoms with Crippen molar-refractivity contribution in [3.63, 3.8) is 0 Å². The predicted molar refractivity (Wildman–Crippen MR) is 20.3 cm³/mol. The van der Waals surface area contributed by atoms with E-state index in [9.17, 15) is 0 Å². The normalized spacial score (nSPS) is 0. The Morgan fingerprint density at radius 3 is 1.00 bits per heavy atom. The van der Waals surface area contributed by atoms with Crippen LogP contribution in [-0.2, 0) is 36.5 Å². The van der Waals surface area contributed by atoms with E-state index in [0.717, 1.165) is 0 Å². The van der Waals surface area contributed by atoms with Crippen molar-refractivity contribution in [3.05, 3.63) is 0 Å². The molecule has 0 aromatic rings. The van der Waals surface area contributed by atoms with E-state index >= 15 is 0 Å². The molecule has 0 rings (SSSR count). The fourth-order valence-electron chi connectivity index (χ4n) is 0. The second kappa shape index (κ2) is 19.3. The molecule has 0 heterocycles. The van der Waals surface area contributed by atoms with Crippen LogP contribution in [0, 0.1) is 0 Å². The molecule has 0 aromatic carbocycles. The van der Waals surface area contributed by atoms with Crippen LogP contribution in [0.25, 0.3) is 0 Å². The van der Waals surface area contributed by atoms with E-state index in [1.165, 1.54) is 0 Å². The van der Waals surface area contributed by atoms with Gasteiger partial charge in [0.25, 0.3) is 0 Å². The summed E-state index contributed by atoms with van der Waals surface area (Å²) < 4.78 is 0. The minimum atomic E-state index is 0. The topological polar surface area (TPSA) is 0 Å². The van der Waals surface area contributed by atoms with Gasteiger partial charge in [-0.2, -0.15) is 13.5 Å². The van der Waals surface area contributed by atoms with Gasteiger partial charge in [-0.25, -0.2) is 0 Å². The first-order valence-corrected chi connectivity index (χ1v) is 0. The molecule has 0 spiro atoms. The van der Waals surface area contributed by atoms with Crippen LogP contribution in [-0.4, -0.2) is 19.8 Å². The number of hydrogen-bond donors (Lipinski definition) is 0. The molecule has 0 aromatic heterocycles. The van der Waals surface area contributed by atoms with E-state index in [0.29, 0.717) is 0 Å². The molecule has 27 valence electrons. The summed E-state index contributed by atoms with van der Waals surface area (Å²) in [5.41, 5.74) is 0. The molecule has 0 aliphatic rings. The molecule has 0 saturated carbocycles. The van der Waals surface area contributed by atoms with E-state index in [4.69, 9.17) is 0 Å². The van der Waals surface area contributed by atoms with E-state index in [1.807, 2.05) is 0 Å². The summed E-state index contributed by atoms with van der Waals surface area (Å²) in [4.78, 5) is 0. The van der Waals surface area contributed by atoms with Crippen LogP contribution in [0.15, 0.2) is 0 Å². The minimum Gasteiger partial charge on any atom is 0 e. The molecule has 0 fully saturated rings. The van der Waals surface area contributed by atoms with Gasteiger partial charge in [0.05, 0.1) is 0 Å². The van der Waals surface area contributed by atoms with Crippen molar-refractivity contribution in [1.82, 2.24) is 0 Å². The summed E-state index contributed by atoms with van der Waals surface area (Å²) in [6.07, 6.45) is 0. The third-order valence-corrected chi connectivity index (χ3v) is 0. The van der Waals surface area contributed by atoms with Crippen LogP contribution in [0.5, 0.6) is 0 Å². The monoisotopic (exact) mass is 233 g/mol. The Morgan fingerprint density at radius 1 is 1.00 bits per heavy atom. The molecular weight excluding hydrogens is 231 g/mol. The van der Waals surface area contributed by atoms with Crippen LogP contribution in [0.4, 0.5) is 0 Å². The third-order valence-electron chi connectivity index (χ3n) is 0. The quantitative estimate of drug-likeness (QED) is 0.469. The van der Waals surface area contributed by atoms with Crippen LogP contribution in [0.1, 0.15) is 0 Å². The Labute approximate surface area is 69.2 Å². The minimum absolute atomic E-state index is 0. The molecule has 0 nitrogen and oxygen atoms in total. The Morgan fingerprint density at radius 2 is 1.00 bits per heavy atom. The first-order valence-electron chi connectivity index (χ1n) is 0. The molecule has 0 unspecified atom stereocenters. The zero-order valence-corrected chi connectivity index (χ0v) is 6.42. The Kier molecular flexibility index (Phi) is 172. The molecule has 0 atom stereocenters. The molecule has 0 bridgehead atoms. The number of rotatable bonds is 0. The van der Waals surface area contributed by atoms with Gasteiger partial charge in [0.15, 0.2) is 0 Å². The Hall–Kier alpha value is 2.13. The second-order valence-corrected chi connectivity index (χ2v) is 0. The Bertz CT molecular complexity index is 8.00. The van der Waals surface area contributed by atoms with Crippen molar-refractivity contribution in [2.75, 3.05) is 0 Å². The fourth-order valence-corrected chi connectivity index (χ4v) is 0. The van der Waals surface area contributed by atoms with E-state index in [1.54, 1.807) is 0 Å². The molecule has 0 saturated heterocycles. The van der Waals surface area contributed by atoms with Crippen LogP contribution in [0.2, 0.25) is 0 Å². The van der Waals surface area contributed by atoms with Gasteiger partial charge in [-0.3, -0.25) is 0 Å². The molecule has 0 amide bonds. The van der Waals surface area contributed by atoms with Crippen LogP contribution < -0.4 is 0 Å². The first-order chi connectivity index (χ1) is 0. The molecule has 4 heteroatoms. The average molecular weight is 236 g/mol. The number of hydrogen-bond acceptors (Lipinski definition) is 0. The van der Waals surface area contributed by atoms with Crippen molar-refractivity contribution in [2.45, 2.75) is 0 Å². The van der Waals surface area contributed by atoms with Gasteiger partial charge in [0.2, 0.25) is 0 Å². The second-order valence-electron chi connectivity index (χ2n) is 0. The first kappa shape index (κ1) is 35.6. The molecule has 1 radical (unpaired) electrons. The standard InChI is InChI=1S/Cu.Ga.H2S.Zn.3H/h;;1H2;;;;. The smallest absolute Gasteiger partial charge is 0 e. The molecular formula is H5CuGaSZn. The van der Waals surface area contributed by atoms with Crippen LogP contribution >= 0.6 is 13.5 Å². The van der Waals surface area contributed by atoms with Gasteiger partial charge < -0.3 is 0 Å². The summed E-state index contributed by atoms with van der Waals surface area (Å²) in [6, 6.07) is 0. The van der Waals surface area contributed by atoms with Gasteiger partial charge in [-0.05, 0) is 0 Å². The van der Waals surface area contributed by atoms with Crippen LogP contribution in [0.3, 0.4) is 0 Å². The average Bonchev–Trinajstić information content (AvgIpc) is 0. The van der Waals surface area contributed by atoms with Gasteiger partial charge in [-0.1, -0.05) is 0 Å². The van der Waals surface area contributed by atoms with Crippen molar-refractivity contribution in [1.29, 1.82) is 0 Å². The molecule has 0 aliphatic carbocycles. The summed E-state index contributed by atoms with van der Waals surface area (Å²) in [6.45, 7) is 0. The van der Waals surface area contributed by atoms with Gasteiger partial charge in [0.1, 0.15) is 0 Å². The zero-order valence-electron chi connectivity index (χ0n) is 1.51. The van der Waals surface area contributed by atoms with E-state index in [-0.39, 0.29) is 69.8 Å². The zero-order chi connectivity index (χ0) is 0. The van der Waals surface area contributed by atoms with Gasteiger partial charge in [0, 0.05) is 36.5 Å². The maximum atomic E-state index is 0. The molecule has 4 heavy (non-hydrogen) atoms. The predicted octanol–water partition coefficient (Wildman–Crippen LogP) is -1.08.